The Morgan fingerprint density at radius 2 is 2.14 bits per heavy atom. The number of hydrogen-bond donors (Lipinski definition) is 3. The van der Waals surface area contributed by atoms with Gasteiger partial charge in [-0.15, -0.1) is 0 Å². The van der Waals surface area contributed by atoms with Gasteiger partial charge in [-0.05, 0) is 25.0 Å². The number of aliphatic hydroxyl groups is 2. The zero-order valence-electron chi connectivity index (χ0n) is 7.78. The Bertz CT molecular complexity index is 304. The van der Waals surface area contributed by atoms with Crippen LogP contribution in [0.4, 0.5) is 5.69 Å². The second-order valence-electron chi connectivity index (χ2n) is 3.15. The summed E-state index contributed by atoms with van der Waals surface area (Å²) in [5.74, 6) is 0. The SMILES string of the molecule is Nc1cc(Cl)ccc1C(O)CCCO. The topological polar surface area (TPSA) is 66.5 Å². The molecule has 0 heterocycles. The van der Waals surface area contributed by atoms with Gasteiger partial charge in [-0.2, -0.15) is 0 Å². The van der Waals surface area contributed by atoms with Crippen molar-refractivity contribution in [3.63, 3.8) is 0 Å². The molecule has 1 rings (SSSR count). The predicted molar refractivity (Wildman–Crippen MR) is 57.1 cm³/mol. The third-order valence-corrected chi connectivity index (χ3v) is 2.28. The first-order valence-electron chi connectivity index (χ1n) is 4.49. The van der Waals surface area contributed by atoms with Crippen LogP contribution in [0, 0.1) is 0 Å². The van der Waals surface area contributed by atoms with Gasteiger partial charge in [-0.25, -0.2) is 0 Å². The van der Waals surface area contributed by atoms with Crippen LogP contribution in [0.3, 0.4) is 0 Å². The summed E-state index contributed by atoms with van der Waals surface area (Å²) in [5, 5.41) is 18.9. The fourth-order valence-corrected chi connectivity index (χ4v) is 1.47. The minimum Gasteiger partial charge on any atom is -0.398 e. The molecule has 0 amide bonds. The smallest absolute Gasteiger partial charge is 0.0810 e. The Kier molecular flexibility index (Phi) is 4.20. The number of aliphatic hydroxyl groups excluding tert-OH is 2. The molecular weight excluding hydrogens is 202 g/mol. The lowest BCUT2D eigenvalue weighted by Gasteiger charge is -2.12. The lowest BCUT2D eigenvalue weighted by Crippen LogP contribution is -2.03. The molecule has 1 atom stereocenters. The monoisotopic (exact) mass is 215 g/mol. The molecule has 4 N–H and O–H groups in total. The molecule has 1 aromatic carbocycles. The third-order valence-electron chi connectivity index (χ3n) is 2.04. The molecule has 4 heteroatoms. The molecule has 14 heavy (non-hydrogen) atoms. The van der Waals surface area contributed by atoms with Gasteiger partial charge >= 0.3 is 0 Å². The number of nitrogen functional groups attached to an aromatic ring is 1. The van der Waals surface area contributed by atoms with Gasteiger partial charge in [0.2, 0.25) is 0 Å². The third kappa shape index (κ3) is 2.87. The number of nitrogens with two attached hydrogens (primary N) is 1. The molecule has 0 aliphatic carbocycles. The first-order valence-corrected chi connectivity index (χ1v) is 4.87. The predicted octanol–water partition coefficient (Wildman–Crippen LogP) is 1.73. The highest BCUT2D eigenvalue weighted by Crippen LogP contribution is 2.26. The summed E-state index contributed by atoms with van der Waals surface area (Å²) in [7, 11) is 0. The van der Waals surface area contributed by atoms with E-state index >= 15 is 0 Å². The number of benzene rings is 1. The van der Waals surface area contributed by atoms with E-state index in [4.69, 9.17) is 22.4 Å². The van der Waals surface area contributed by atoms with E-state index in [0.29, 0.717) is 29.1 Å². The highest BCUT2D eigenvalue weighted by Gasteiger charge is 2.10. The maximum atomic E-state index is 9.69. The van der Waals surface area contributed by atoms with Crippen LogP contribution >= 0.6 is 11.6 Å². The summed E-state index contributed by atoms with van der Waals surface area (Å²) in [6, 6.07) is 5.01. The average Bonchev–Trinajstić information content (AvgIpc) is 2.14. The standard InChI is InChI=1S/C10H14ClNO2/c11-7-3-4-8(9(12)6-7)10(14)2-1-5-13/h3-4,6,10,13-14H,1-2,5,12H2. The van der Waals surface area contributed by atoms with E-state index in [9.17, 15) is 5.11 Å². The van der Waals surface area contributed by atoms with Crippen molar-refractivity contribution in [1.82, 2.24) is 0 Å². The zero-order chi connectivity index (χ0) is 10.6. The summed E-state index contributed by atoms with van der Waals surface area (Å²) in [6.45, 7) is 0.0740. The van der Waals surface area contributed by atoms with E-state index in [2.05, 4.69) is 0 Å². The van der Waals surface area contributed by atoms with Crippen LogP contribution in [0.25, 0.3) is 0 Å². The molecule has 0 saturated carbocycles. The number of hydrogen-bond acceptors (Lipinski definition) is 3. The zero-order valence-corrected chi connectivity index (χ0v) is 8.54. The number of halogens is 1. The van der Waals surface area contributed by atoms with Gasteiger partial charge in [-0.3, -0.25) is 0 Å². The minimum absolute atomic E-state index is 0.0740. The molecule has 0 radical (unpaired) electrons. The number of anilines is 1. The van der Waals surface area contributed by atoms with E-state index < -0.39 is 6.10 Å². The molecule has 1 aromatic rings. The van der Waals surface area contributed by atoms with Crippen LogP contribution in [0.15, 0.2) is 18.2 Å². The van der Waals surface area contributed by atoms with Crippen molar-refractivity contribution in [2.24, 2.45) is 0 Å². The quantitative estimate of drug-likeness (QED) is 0.671. The van der Waals surface area contributed by atoms with Crippen molar-refractivity contribution < 1.29 is 10.2 Å². The van der Waals surface area contributed by atoms with Crippen molar-refractivity contribution in [2.45, 2.75) is 18.9 Å². The molecule has 1 unspecified atom stereocenters. The largest absolute Gasteiger partial charge is 0.398 e. The fraction of sp³-hybridized carbons (Fsp3) is 0.400. The molecular formula is C10H14ClNO2. The van der Waals surface area contributed by atoms with Crippen LogP contribution < -0.4 is 5.73 Å². The molecule has 0 aliphatic rings. The number of rotatable bonds is 4. The van der Waals surface area contributed by atoms with E-state index in [0.717, 1.165) is 0 Å². The van der Waals surface area contributed by atoms with Crippen molar-refractivity contribution in [3.8, 4) is 0 Å². The van der Waals surface area contributed by atoms with Crippen LogP contribution in [0.1, 0.15) is 24.5 Å². The summed E-state index contributed by atoms with van der Waals surface area (Å²) in [5.41, 5.74) is 6.85. The van der Waals surface area contributed by atoms with E-state index in [1.807, 2.05) is 0 Å². The van der Waals surface area contributed by atoms with Crippen LogP contribution in [0.2, 0.25) is 5.02 Å². The summed E-state index contributed by atoms with van der Waals surface area (Å²) in [4.78, 5) is 0. The van der Waals surface area contributed by atoms with Crippen LogP contribution in [-0.2, 0) is 0 Å². The van der Waals surface area contributed by atoms with Gasteiger partial charge in [0.15, 0.2) is 0 Å². The first-order chi connectivity index (χ1) is 6.65. The van der Waals surface area contributed by atoms with Gasteiger partial charge in [0.05, 0.1) is 6.10 Å². The molecule has 3 nitrogen and oxygen atoms in total. The van der Waals surface area contributed by atoms with Crippen LogP contribution in [-0.4, -0.2) is 16.8 Å². The maximum absolute atomic E-state index is 9.69. The lowest BCUT2D eigenvalue weighted by atomic mass is 10.0. The summed E-state index contributed by atoms with van der Waals surface area (Å²) < 4.78 is 0. The molecule has 0 aliphatic heterocycles. The second kappa shape index (κ2) is 5.20. The van der Waals surface area contributed by atoms with Gasteiger partial charge < -0.3 is 15.9 Å². The Morgan fingerprint density at radius 1 is 1.43 bits per heavy atom. The van der Waals surface area contributed by atoms with E-state index in [-0.39, 0.29) is 6.61 Å². The van der Waals surface area contributed by atoms with Crippen molar-refractivity contribution in [3.05, 3.63) is 28.8 Å². The highest BCUT2D eigenvalue weighted by molar-refractivity contribution is 6.30. The van der Waals surface area contributed by atoms with E-state index in [1.165, 1.54) is 0 Å². The van der Waals surface area contributed by atoms with Crippen molar-refractivity contribution in [2.75, 3.05) is 12.3 Å². The average molecular weight is 216 g/mol. The Morgan fingerprint density at radius 3 is 2.71 bits per heavy atom. The van der Waals surface area contributed by atoms with Gasteiger partial charge in [0.25, 0.3) is 0 Å². The Labute approximate surface area is 88.1 Å². The maximum Gasteiger partial charge on any atom is 0.0810 e. The Balaban J connectivity index is 2.74. The Hall–Kier alpha value is -0.770. The second-order valence-corrected chi connectivity index (χ2v) is 3.59. The summed E-state index contributed by atoms with van der Waals surface area (Å²) in [6.07, 6.45) is 0.436. The summed E-state index contributed by atoms with van der Waals surface area (Å²) >= 11 is 5.72. The minimum atomic E-state index is -0.626. The first kappa shape index (κ1) is 11.3. The molecule has 0 bridgehead atoms. The highest BCUT2D eigenvalue weighted by atomic mass is 35.5. The van der Waals surface area contributed by atoms with Crippen molar-refractivity contribution in [1.29, 1.82) is 0 Å². The fourth-order valence-electron chi connectivity index (χ4n) is 1.29. The van der Waals surface area contributed by atoms with Gasteiger partial charge in [0.1, 0.15) is 0 Å². The normalized spacial score (nSPS) is 12.8. The molecule has 78 valence electrons. The van der Waals surface area contributed by atoms with Gasteiger partial charge in [-0.1, -0.05) is 17.7 Å². The van der Waals surface area contributed by atoms with Crippen molar-refractivity contribution >= 4 is 17.3 Å². The van der Waals surface area contributed by atoms with E-state index in [1.54, 1.807) is 18.2 Å². The lowest BCUT2D eigenvalue weighted by molar-refractivity contribution is 0.152. The molecule has 0 fully saturated rings. The molecule has 0 aromatic heterocycles. The van der Waals surface area contributed by atoms with Crippen LogP contribution in [0.5, 0.6) is 0 Å². The molecule has 0 spiro atoms. The van der Waals surface area contributed by atoms with Gasteiger partial charge in [0, 0.05) is 22.9 Å². The molecule has 0 saturated heterocycles.